The van der Waals surface area contributed by atoms with E-state index in [0.717, 1.165) is 19.4 Å². The molecule has 4 nitrogen and oxygen atoms in total. The molecule has 6 heteroatoms. The van der Waals surface area contributed by atoms with Crippen LogP contribution in [0, 0.1) is 0 Å². The standard InChI is InChI=1S/C15H19Cl2N3O/c16-10-2-3-12(17)13(8-10)20-14(21)19-11-4-7-18-15(9-11)5-1-6-15/h2-3,8,11,18H,1,4-7,9H2,(H2,19,20,21). The fourth-order valence-electron chi connectivity index (χ4n) is 3.20. The second-order valence-corrected chi connectivity index (χ2v) is 6.82. The van der Waals surface area contributed by atoms with E-state index in [1.54, 1.807) is 18.2 Å². The fraction of sp³-hybridized carbons (Fsp3) is 0.533. The van der Waals surface area contributed by atoms with E-state index >= 15 is 0 Å². The van der Waals surface area contributed by atoms with Gasteiger partial charge in [-0.15, -0.1) is 0 Å². The maximum Gasteiger partial charge on any atom is 0.319 e. The van der Waals surface area contributed by atoms with Gasteiger partial charge in [-0.25, -0.2) is 4.79 Å². The van der Waals surface area contributed by atoms with Crippen LogP contribution >= 0.6 is 23.2 Å². The first-order chi connectivity index (χ1) is 10.1. The minimum atomic E-state index is -0.222. The highest BCUT2D eigenvalue weighted by Crippen LogP contribution is 2.38. The van der Waals surface area contributed by atoms with Crippen molar-refractivity contribution < 1.29 is 4.79 Å². The molecule has 1 spiro atoms. The van der Waals surface area contributed by atoms with Crippen molar-refractivity contribution >= 4 is 34.9 Å². The first kappa shape index (κ1) is 14.9. The first-order valence-electron chi connectivity index (χ1n) is 7.34. The molecular weight excluding hydrogens is 309 g/mol. The van der Waals surface area contributed by atoms with Crippen LogP contribution in [0.3, 0.4) is 0 Å². The summed E-state index contributed by atoms with van der Waals surface area (Å²) in [6.07, 6.45) is 5.67. The molecule has 2 amide bonds. The molecule has 1 aromatic rings. The molecule has 1 unspecified atom stereocenters. The van der Waals surface area contributed by atoms with Crippen molar-refractivity contribution in [3.63, 3.8) is 0 Å². The Labute approximate surface area is 134 Å². The average molecular weight is 328 g/mol. The lowest BCUT2D eigenvalue weighted by Gasteiger charge is -2.48. The lowest BCUT2D eigenvalue weighted by Crippen LogP contribution is -2.60. The highest BCUT2D eigenvalue weighted by atomic mass is 35.5. The Bertz CT molecular complexity index is 546. The van der Waals surface area contributed by atoms with Gasteiger partial charge in [-0.1, -0.05) is 23.2 Å². The molecular formula is C15H19Cl2N3O. The summed E-state index contributed by atoms with van der Waals surface area (Å²) in [6.45, 7) is 0.961. The SMILES string of the molecule is O=C(Nc1cc(Cl)ccc1Cl)NC1CCNC2(CCC2)C1. The van der Waals surface area contributed by atoms with Crippen molar-refractivity contribution in [3.8, 4) is 0 Å². The van der Waals surface area contributed by atoms with Gasteiger partial charge in [0.2, 0.25) is 0 Å². The Kier molecular flexibility index (Phi) is 4.29. The molecule has 21 heavy (non-hydrogen) atoms. The molecule has 1 aromatic carbocycles. The molecule has 1 saturated heterocycles. The summed E-state index contributed by atoms with van der Waals surface area (Å²) in [5.41, 5.74) is 0.804. The average Bonchev–Trinajstić information content (AvgIpc) is 2.41. The molecule has 1 atom stereocenters. The van der Waals surface area contributed by atoms with Crippen molar-refractivity contribution in [1.29, 1.82) is 0 Å². The van der Waals surface area contributed by atoms with Crippen molar-refractivity contribution in [2.24, 2.45) is 0 Å². The molecule has 3 rings (SSSR count). The maximum absolute atomic E-state index is 12.1. The van der Waals surface area contributed by atoms with Crippen molar-refractivity contribution in [2.45, 2.75) is 43.7 Å². The van der Waals surface area contributed by atoms with Gasteiger partial charge in [-0.05, 0) is 56.8 Å². The summed E-state index contributed by atoms with van der Waals surface area (Å²) in [7, 11) is 0. The number of anilines is 1. The molecule has 114 valence electrons. The highest BCUT2D eigenvalue weighted by molar-refractivity contribution is 6.35. The number of carbonyl (C=O) groups excluding carboxylic acids is 1. The number of nitrogens with one attached hydrogen (secondary N) is 3. The zero-order valence-corrected chi connectivity index (χ0v) is 13.2. The van der Waals surface area contributed by atoms with Crippen LogP contribution in [-0.2, 0) is 0 Å². The predicted octanol–water partition coefficient (Wildman–Crippen LogP) is 3.79. The van der Waals surface area contributed by atoms with Crippen LogP contribution < -0.4 is 16.0 Å². The number of benzene rings is 1. The topological polar surface area (TPSA) is 53.2 Å². The normalized spacial score (nSPS) is 23.4. The largest absolute Gasteiger partial charge is 0.335 e. The van der Waals surface area contributed by atoms with Gasteiger partial charge in [0.15, 0.2) is 0 Å². The Balaban J connectivity index is 1.57. The van der Waals surface area contributed by atoms with Gasteiger partial charge in [0.25, 0.3) is 0 Å². The first-order valence-corrected chi connectivity index (χ1v) is 8.10. The fourth-order valence-corrected chi connectivity index (χ4v) is 3.54. The molecule has 2 aliphatic rings. The van der Waals surface area contributed by atoms with E-state index in [4.69, 9.17) is 23.2 Å². The lowest BCUT2D eigenvalue weighted by molar-refractivity contribution is 0.122. The van der Waals surface area contributed by atoms with Crippen molar-refractivity contribution in [3.05, 3.63) is 28.2 Å². The molecule has 0 aromatic heterocycles. The van der Waals surface area contributed by atoms with Gasteiger partial charge in [0.05, 0.1) is 10.7 Å². The van der Waals surface area contributed by atoms with Crippen molar-refractivity contribution in [1.82, 2.24) is 10.6 Å². The zero-order chi connectivity index (χ0) is 14.9. The molecule has 1 aliphatic carbocycles. The number of piperidine rings is 1. The Morgan fingerprint density at radius 3 is 2.86 bits per heavy atom. The van der Waals surface area contributed by atoms with E-state index < -0.39 is 0 Å². The maximum atomic E-state index is 12.1. The molecule has 3 N–H and O–H groups in total. The van der Waals surface area contributed by atoms with E-state index in [9.17, 15) is 4.79 Å². The monoisotopic (exact) mass is 327 g/mol. The summed E-state index contributed by atoms with van der Waals surface area (Å²) in [5, 5.41) is 10.4. The minimum absolute atomic E-state index is 0.213. The van der Waals surface area contributed by atoms with Crippen LogP contribution in [0.1, 0.15) is 32.1 Å². The number of halogens is 2. The number of urea groups is 1. The van der Waals surface area contributed by atoms with E-state index in [0.29, 0.717) is 15.7 Å². The Morgan fingerprint density at radius 2 is 2.14 bits per heavy atom. The quantitative estimate of drug-likeness (QED) is 0.774. The van der Waals surface area contributed by atoms with Crippen LogP contribution in [0.4, 0.5) is 10.5 Å². The van der Waals surface area contributed by atoms with Gasteiger partial charge < -0.3 is 16.0 Å². The smallest absolute Gasteiger partial charge is 0.319 e. The van der Waals surface area contributed by atoms with E-state index in [2.05, 4.69) is 16.0 Å². The zero-order valence-electron chi connectivity index (χ0n) is 11.7. The van der Waals surface area contributed by atoms with Gasteiger partial charge >= 0.3 is 6.03 Å². The Morgan fingerprint density at radius 1 is 1.33 bits per heavy atom. The van der Waals surface area contributed by atoms with Gasteiger partial charge in [0, 0.05) is 16.6 Å². The summed E-state index contributed by atoms with van der Waals surface area (Å²) in [5.74, 6) is 0. The van der Waals surface area contributed by atoms with E-state index in [1.165, 1.54) is 19.3 Å². The second-order valence-electron chi connectivity index (χ2n) is 5.97. The molecule has 1 saturated carbocycles. The minimum Gasteiger partial charge on any atom is -0.335 e. The third kappa shape index (κ3) is 3.44. The second kappa shape index (κ2) is 6.03. The highest BCUT2D eigenvalue weighted by Gasteiger charge is 2.41. The van der Waals surface area contributed by atoms with Gasteiger partial charge in [-0.3, -0.25) is 0 Å². The van der Waals surface area contributed by atoms with Crippen LogP contribution in [0.15, 0.2) is 18.2 Å². The number of carbonyl (C=O) groups is 1. The molecule has 0 bridgehead atoms. The van der Waals surface area contributed by atoms with Crippen molar-refractivity contribution in [2.75, 3.05) is 11.9 Å². The number of rotatable bonds is 2. The predicted molar refractivity (Wildman–Crippen MR) is 86.2 cm³/mol. The molecule has 1 aliphatic heterocycles. The third-order valence-electron chi connectivity index (χ3n) is 4.45. The van der Waals surface area contributed by atoms with E-state index in [-0.39, 0.29) is 17.6 Å². The summed E-state index contributed by atoms with van der Waals surface area (Å²) < 4.78 is 0. The summed E-state index contributed by atoms with van der Waals surface area (Å²) in [4.78, 5) is 12.1. The summed E-state index contributed by atoms with van der Waals surface area (Å²) in [6, 6.07) is 5.01. The van der Waals surface area contributed by atoms with Crippen LogP contribution in [0.2, 0.25) is 10.0 Å². The Hall–Kier alpha value is -0.970. The van der Waals surface area contributed by atoms with Crippen LogP contribution in [0.25, 0.3) is 0 Å². The molecule has 1 heterocycles. The lowest BCUT2D eigenvalue weighted by atomic mass is 9.70. The number of amides is 2. The number of hydrogen-bond donors (Lipinski definition) is 3. The third-order valence-corrected chi connectivity index (χ3v) is 5.02. The molecule has 2 fully saturated rings. The van der Waals surface area contributed by atoms with Crippen LogP contribution in [-0.4, -0.2) is 24.2 Å². The number of hydrogen-bond acceptors (Lipinski definition) is 2. The van der Waals surface area contributed by atoms with E-state index in [1.807, 2.05) is 0 Å². The summed E-state index contributed by atoms with van der Waals surface area (Å²) >= 11 is 12.0. The molecule has 0 radical (unpaired) electrons. The van der Waals surface area contributed by atoms with Gasteiger partial charge in [-0.2, -0.15) is 0 Å². The van der Waals surface area contributed by atoms with Gasteiger partial charge in [0.1, 0.15) is 0 Å². The van der Waals surface area contributed by atoms with Crippen LogP contribution in [0.5, 0.6) is 0 Å².